The van der Waals surface area contributed by atoms with Gasteiger partial charge in [0.2, 0.25) is 0 Å². The van der Waals surface area contributed by atoms with Crippen LogP contribution < -0.4 is 5.73 Å². The van der Waals surface area contributed by atoms with Gasteiger partial charge in [0.1, 0.15) is 11.5 Å². The normalized spacial score (nSPS) is 26.3. The van der Waals surface area contributed by atoms with E-state index in [1.54, 1.807) is 12.1 Å². The molecule has 1 aliphatic heterocycles. The fraction of sp³-hybridized carbons (Fsp3) is 0.600. The Bertz CT molecular complexity index is 426. The number of nitrogens with zero attached hydrogens (tertiary/aromatic N) is 1. The number of hydrogen-bond donors (Lipinski definition) is 3. The second kappa shape index (κ2) is 5.80. The molecule has 3 unspecified atom stereocenters. The lowest BCUT2D eigenvalue weighted by molar-refractivity contribution is 0.0971. The first-order valence-electron chi connectivity index (χ1n) is 6.97. The van der Waals surface area contributed by atoms with Gasteiger partial charge in [-0.2, -0.15) is 0 Å². The van der Waals surface area contributed by atoms with E-state index in [0.29, 0.717) is 18.4 Å². The molecule has 0 aliphatic carbocycles. The van der Waals surface area contributed by atoms with Crippen LogP contribution in [0.4, 0.5) is 0 Å². The zero-order chi connectivity index (χ0) is 14.0. The third-order valence-electron chi connectivity index (χ3n) is 3.93. The Kier molecular flexibility index (Phi) is 4.32. The van der Waals surface area contributed by atoms with Gasteiger partial charge in [0.25, 0.3) is 0 Å². The number of likely N-dealkylation sites (tertiary alicyclic amines) is 1. The predicted octanol–water partition coefficient (Wildman–Crippen LogP) is 2.08. The molecule has 1 heterocycles. The summed E-state index contributed by atoms with van der Waals surface area (Å²) in [5.41, 5.74) is 6.73. The molecule has 1 fully saturated rings. The molecule has 1 aromatic carbocycles. The van der Waals surface area contributed by atoms with Crippen LogP contribution in [0.3, 0.4) is 0 Å². The lowest BCUT2D eigenvalue weighted by Crippen LogP contribution is -2.43. The van der Waals surface area contributed by atoms with Crippen LogP contribution in [0.5, 0.6) is 11.5 Å². The third-order valence-corrected chi connectivity index (χ3v) is 3.93. The average molecular weight is 264 g/mol. The van der Waals surface area contributed by atoms with Crippen molar-refractivity contribution in [2.75, 3.05) is 19.6 Å². The number of phenolic OH excluding ortho intramolecular Hbond substituents is 2. The van der Waals surface area contributed by atoms with Gasteiger partial charge in [0, 0.05) is 31.3 Å². The standard InChI is InChI=1S/C15H24N2O2/c1-10-5-11(2)9-17(8-10)14(7-16)13-4-3-12(18)6-15(13)19/h3-4,6,10-11,14,18-19H,5,7-9,16H2,1-2H3. The maximum Gasteiger partial charge on any atom is 0.124 e. The lowest BCUT2D eigenvalue weighted by atomic mass is 9.89. The zero-order valence-corrected chi connectivity index (χ0v) is 11.7. The van der Waals surface area contributed by atoms with Crippen molar-refractivity contribution in [2.24, 2.45) is 17.6 Å². The average Bonchev–Trinajstić information content (AvgIpc) is 2.31. The maximum atomic E-state index is 10.0. The molecular formula is C15H24N2O2. The van der Waals surface area contributed by atoms with E-state index in [2.05, 4.69) is 18.7 Å². The molecule has 3 atom stereocenters. The summed E-state index contributed by atoms with van der Waals surface area (Å²) in [5, 5.41) is 19.4. The van der Waals surface area contributed by atoms with Gasteiger partial charge in [-0.25, -0.2) is 0 Å². The van der Waals surface area contributed by atoms with Crippen LogP contribution in [-0.2, 0) is 0 Å². The van der Waals surface area contributed by atoms with Gasteiger partial charge < -0.3 is 15.9 Å². The fourth-order valence-corrected chi connectivity index (χ4v) is 3.25. The van der Waals surface area contributed by atoms with Crippen LogP contribution in [0.1, 0.15) is 31.9 Å². The molecule has 1 aromatic rings. The van der Waals surface area contributed by atoms with Crippen molar-refractivity contribution in [1.29, 1.82) is 0 Å². The van der Waals surface area contributed by atoms with Crippen molar-refractivity contribution in [2.45, 2.75) is 26.3 Å². The minimum absolute atomic E-state index is 0.0193. The monoisotopic (exact) mass is 264 g/mol. The molecular weight excluding hydrogens is 240 g/mol. The summed E-state index contributed by atoms with van der Waals surface area (Å²) in [6.07, 6.45) is 1.25. The number of hydrogen-bond acceptors (Lipinski definition) is 4. The van der Waals surface area contributed by atoms with Crippen LogP contribution in [0.15, 0.2) is 18.2 Å². The molecule has 0 amide bonds. The Hall–Kier alpha value is -1.26. The summed E-state index contributed by atoms with van der Waals surface area (Å²) >= 11 is 0. The molecule has 2 rings (SSSR count). The molecule has 0 spiro atoms. The summed E-state index contributed by atoms with van der Waals surface area (Å²) in [6.45, 7) is 7.00. The Labute approximate surface area is 114 Å². The molecule has 0 bridgehead atoms. The van der Waals surface area contributed by atoms with E-state index < -0.39 is 0 Å². The molecule has 4 heteroatoms. The van der Waals surface area contributed by atoms with E-state index in [9.17, 15) is 10.2 Å². The maximum absolute atomic E-state index is 10.0. The van der Waals surface area contributed by atoms with E-state index in [1.807, 2.05) is 0 Å². The molecule has 0 saturated carbocycles. The van der Waals surface area contributed by atoms with Crippen molar-refractivity contribution < 1.29 is 10.2 Å². The first-order valence-corrected chi connectivity index (χ1v) is 6.97. The summed E-state index contributed by atoms with van der Waals surface area (Å²) in [4.78, 5) is 2.35. The molecule has 0 radical (unpaired) electrons. The topological polar surface area (TPSA) is 69.7 Å². The van der Waals surface area contributed by atoms with Crippen molar-refractivity contribution >= 4 is 0 Å². The third kappa shape index (κ3) is 3.19. The van der Waals surface area contributed by atoms with Crippen molar-refractivity contribution in [3.05, 3.63) is 23.8 Å². The van der Waals surface area contributed by atoms with E-state index >= 15 is 0 Å². The van der Waals surface area contributed by atoms with Crippen LogP contribution in [0.2, 0.25) is 0 Å². The van der Waals surface area contributed by atoms with Crippen LogP contribution >= 0.6 is 0 Å². The number of rotatable bonds is 3. The molecule has 4 N–H and O–H groups in total. The highest BCUT2D eigenvalue weighted by Gasteiger charge is 2.28. The number of phenols is 2. The van der Waals surface area contributed by atoms with Crippen LogP contribution in [-0.4, -0.2) is 34.7 Å². The van der Waals surface area contributed by atoms with Crippen LogP contribution in [0.25, 0.3) is 0 Å². The minimum Gasteiger partial charge on any atom is -0.508 e. The Morgan fingerprint density at radius 2 is 1.89 bits per heavy atom. The molecule has 0 aromatic heterocycles. The van der Waals surface area contributed by atoms with E-state index in [4.69, 9.17) is 5.73 Å². The second-order valence-electron chi connectivity index (χ2n) is 5.89. The summed E-state index contributed by atoms with van der Waals surface area (Å²) < 4.78 is 0. The molecule has 1 saturated heterocycles. The summed E-state index contributed by atoms with van der Waals surface area (Å²) in [5.74, 6) is 1.51. The van der Waals surface area contributed by atoms with Gasteiger partial charge in [-0.1, -0.05) is 19.9 Å². The van der Waals surface area contributed by atoms with E-state index in [0.717, 1.165) is 18.7 Å². The fourth-order valence-electron chi connectivity index (χ4n) is 3.25. The summed E-state index contributed by atoms with van der Waals surface area (Å²) in [6, 6.07) is 4.78. The molecule has 19 heavy (non-hydrogen) atoms. The van der Waals surface area contributed by atoms with Gasteiger partial charge in [0.15, 0.2) is 0 Å². The SMILES string of the molecule is CC1CC(C)CN(C(CN)c2ccc(O)cc2O)C1. The lowest BCUT2D eigenvalue weighted by Gasteiger charge is -2.40. The smallest absolute Gasteiger partial charge is 0.124 e. The van der Waals surface area contributed by atoms with Crippen molar-refractivity contribution in [3.8, 4) is 11.5 Å². The van der Waals surface area contributed by atoms with Gasteiger partial charge in [-0.05, 0) is 24.3 Å². The molecule has 4 nitrogen and oxygen atoms in total. The number of benzene rings is 1. The van der Waals surface area contributed by atoms with E-state index in [-0.39, 0.29) is 17.5 Å². The Balaban J connectivity index is 2.23. The van der Waals surface area contributed by atoms with Crippen molar-refractivity contribution in [1.82, 2.24) is 4.90 Å². The number of piperidine rings is 1. The Morgan fingerprint density at radius 3 is 2.42 bits per heavy atom. The van der Waals surface area contributed by atoms with Crippen molar-refractivity contribution in [3.63, 3.8) is 0 Å². The highest BCUT2D eigenvalue weighted by molar-refractivity contribution is 5.41. The van der Waals surface area contributed by atoms with Gasteiger partial charge >= 0.3 is 0 Å². The van der Waals surface area contributed by atoms with Crippen LogP contribution in [0, 0.1) is 11.8 Å². The Morgan fingerprint density at radius 1 is 1.26 bits per heavy atom. The minimum atomic E-state index is 0.0193. The molecule has 1 aliphatic rings. The molecule has 106 valence electrons. The van der Waals surface area contributed by atoms with E-state index in [1.165, 1.54) is 12.5 Å². The van der Waals surface area contributed by atoms with Gasteiger partial charge in [-0.15, -0.1) is 0 Å². The predicted molar refractivity (Wildman–Crippen MR) is 76.1 cm³/mol. The highest BCUT2D eigenvalue weighted by Crippen LogP contribution is 2.34. The first kappa shape index (κ1) is 14.2. The second-order valence-corrected chi connectivity index (χ2v) is 5.89. The van der Waals surface area contributed by atoms with Gasteiger partial charge in [-0.3, -0.25) is 4.90 Å². The summed E-state index contributed by atoms with van der Waals surface area (Å²) in [7, 11) is 0. The first-order chi connectivity index (χ1) is 9.01. The van der Waals surface area contributed by atoms with Gasteiger partial charge in [0.05, 0.1) is 6.04 Å². The number of aromatic hydroxyl groups is 2. The highest BCUT2D eigenvalue weighted by atomic mass is 16.3. The zero-order valence-electron chi connectivity index (χ0n) is 11.7. The quantitative estimate of drug-likeness (QED) is 0.781. The number of nitrogens with two attached hydrogens (primary N) is 1. The largest absolute Gasteiger partial charge is 0.508 e.